The van der Waals surface area contributed by atoms with Crippen molar-refractivity contribution in [3.8, 4) is 34.8 Å². The lowest BCUT2D eigenvalue weighted by atomic mass is 9.96. The Kier molecular flexibility index (Phi) is 3.98. The standard InChI is InChI=1S/C27H16N4O/c28-15-17-12-18(16-29)14-19(13-17)20-6-5-7-21-26(20)32-25-11-4-3-10-24(25)31-23-9-2-1-8-22(23)30-27(21)31/h1-14,27,30H/p+1. The Bertz CT molecular complexity index is 1450. The van der Waals surface area contributed by atoms with Crippen molar-refractivity contribution in [2.24, 2.45) is 0 Å². The minimum Gasteiger partial charge on any atom is -0.454 e. The van der Waals surface area contributed by atoms with Crippen LogP contribution in [0.15, 0.2) is 84.9 Å². The molecule has 0 bridgehead atoms. The monoisotopic (exact) mass is 413 g/mol. The molecule has 2 heterocycles. The van der Waals surface area contributed by atoms with Gasteiger partial charge in [-0.25, -0.2) is 0 Å². The number of hydrogen-bond acceptors (Lipinski definition) is 4. The summed E-state index contributed by atoms with van der Waals surface area (Å²) in [5.41, 5.74) is 6.92. The van der Waals surface area contributed by atoms with Crippen LogP contribution < -0.4 is 15.0 Å². The highest BCUT2D eigenvalue weighted by molar-refractivity contribution is 5.83. The average Bonchev–Trinajstić information content (AvgIpc) is 3.16. The first kappa shape index (κ1) is 18.2. The summed E-state index contributed by atoms with van der Waals surface area (Å²) in [6.07, 6.45) is -0.0272. The Morgan fingerprint density at radius 2 is 1.50 bits per heavy atom. The van der Waals surface area contributed by atoms with Gasteiger partial charge in [-0.2, -0.15) is 10.5 Å². The van der Waals surface area contributed by atoms with Gasteiger partial charge in [0.2, 0.25) is 6.17 Å². The highest BCUT2D eigenvalue weighted by atomic mass is 16.5. The number of quaternary nitrogens is 1. The predicted molar refractivity (Wildman–Crippen MR) is 121 cm³/mol. The number of benzene rings is 4. The van der Waals surface area contributed by atoms with Gasteiger partial charge in [0.25, 0.3) is 0 Å². The van der Waals surface area contributed by atoms with Crippen LogP contribution in [0.1, 0.15) is 22.9 Å². The third kappa shape index (κ3) is 2.66. The molecule has 1 atom stereocenters. The van der Waals surface area contributed by atoms with E-state index in [1.807, 2.05) is 42.5 Å². The molecule has 0 spiro atoms. The second-order valence-corrected chi connectivity index (χ2v) is 7.86. The minimum absolute atomic E-state index is 0.0272. The van der Waals surface area contributed by atoms with Crippen LogP contribution in [0.3, 0.4) is 0 Å². The number of nitriles is 2. The highest BCUT2D eigenvalue weighted by Crippen LogP contribution is 2.51. The molecule has 0 aliphatic carbocycles. The van der Waals surface area contributed by atoms with E-state index in [0.29, 0.717) is 11.1 Å². The third-order valence-electron chi connectivity index (χ3n) is 6.02. The molecule has 32 heavy (non-hydrogen) atoms. The third-order valence-corrected chi connectivity index (χ3v) is 6.02. The zero-order chi connectivity index (χ0) is 21.7. The maximum atomic E-state index is 9.46. The topological polar surface area (TPSA) is 76.7 Å². The zero-order valence-corrected chi connectivity index (χ0v) is 17.0. The van der Waals surface area contributed by atoms with Crippen molar-refractivity contribution < 1.29 is 10.1 Å². The normalized spacial score (nSPS) is 15.2. The molecule has 0 aromatic heterocycles. The van der Waals surface area contributed by atoms with Gasteiger partial charge in [-0.3, -0.25) is 10.2 Å². The first-order valence-corrected chi connectivity index (χ1v) is 10.4. The molecular formula is C27H17N4O+. The number of rotatable bonds is 1. The first-order valence-electron chi connectivity index (χ1n) is 10.4. The lowest BCUT2D eigenvalue weighted by Gasteiger charge is -2.22. The molecule has 6 rings (SSSR count). The van der Waals surface area contributed by atoms with Crippen LogP contribution in [0.4, 0.5) is 17.1 Å². The molecule has 4 aromatic rings. The van der Waals surface area contributed by atoms with E-state index in [1.165, 1.54) is 5.69 Å². The molecule has 2 aliphatic heterocycles. The van der Waals surface area contributed by atoms with E-state index in [4.69, 9.17) is 4.74 Å². The quantitative estimate of drug-likeness (QED) is 0.433. The summed E-state index contributed by atoms with van der Waals surface area (Å²) in [6, 6.07) is 32.0. The van der Waals surface area contributed by atoms with Crippen molar-refractivity contribution in [1.29, 1.82) is 10.5 Å². The summed E-state index contributed by atoms with van der Waals surface area (Å²) >= 11 is 0. The molecular weight excluding hydrogens is 396 g/mol. The van der Waals surface area contributed by atoms with E-state index < -0.39 is 0 Å². The molecule has 4 aromatic carbocycles. The summed E-state index contributed by atoms with van der Waals surface area (Å²) in [5, 5.41) is 21.2. The van der Waals surface area contributed by atoms with Crippen molar-refractivity contribution in [3.05, 3.63) is 102 Å². The maximum Gasteiger partial charge on any atom is 0.201 e. The zero-order valence-electron chi connectivity index (χ0n) is 17.0. The van der Waals surface area contributed by atoms with Gasteiger partial charge in [0, 0.05) is 11.6 Å². The van der Waals surface area contributed by atoms with Gasteiger partial charge < -0.3 is 4.74 Å². The van der Waals surface area contributed by atoms with Crippen LogP contribution in [0.2, 0.25) is 0 Å². The van der Waals surface area contributed by atoms with Gasteiger partial charge in [0.1, 0.15) is 11.4 Å². The summed E-state index contributed by atoms with van der Waals surface area (Å²) < 4.78 is 6.56. The fourth-order valence-electron chi connectivity index (χ4n) is 4.64. The number of para-hydroxylation sites is 5. The number of nitrogens with zero attached hydrogens (tertiary/aromatic N) is 3. The molecule has 2 aliphatic rings. The Balaban J connectivity index is 1.62. The molecule has 0 saturated carbocycles. The number of nitrogens with two attached hydrogens (primary N) is 1. The smallest absolute Gasteiger partial charge is 0.201 e. The van der Waals surface area contributed by atoms with Crippen molar-refractivity contribution in [3.63, 3.8) is 0 Å². The van der Waals surface area contributed by atoms with Crippen molar-refractivity contribution >= 4 is 17.1 Å². The molecule has 0 saturated heterocycles. The lowest BCUT2D eigenvalue weighted by Crippen LogP contribution is -2.79. The van der Waals surface area contributed by atoms with Crippen molar-refractivity contribution in [2.75, 3.05) is 4.90 Å². The van der Waals surface area contributed by atoms with Crippen LogP contribution in [0.25, 0.3) is 11.1 Å². The van der Waals surface area contributed by atoms with E-state index in [0.717, 1.165) is 39.6 Å². The second kappa shape index (κ2) is 6.99. The fraction of sp³-hybridized carbons (Fsp3) is 0.0370. The molecule has 0 fully saturated rings. The number of hydrogen-bond donors (Lipinski definition) is 1. The van der Waals surface area contributed by atoms with E-state index >= 15 is 0 Å². The molecule has 5 nitrogen and oxygen atoms in total. The van der Waals surface area contributed by atoms with Crippen molar-refractivity contribution in [2.45, 2.75) is 6.17 Å². The van der Waals surface area contributed by atoms with Crippen LogP contribution in [-0.4, -0.2) is 0 Å². The lowest BCUT2D eigenvalue weighted by molar-refractivity contribution is -0.606. The van der Waals surface area contributed by atoms with E-state index in [9.17, 15) is 10.5 Å². The Morgan fingerprint density at radius 1 is 0.781 bits per heavy atom. The number of ether oxygens (including phenoxy) is 1. The average molecular weight is 413 g/mol. The molecule has 150 valence electrons. The van der Waals surface area contributed by atoms with Crippen molar-refractivity contribution in [1.82, 2.24) is 0 Å². The SMILES string of the molecule is N#Cc1cc(C#N)cc(-c2cccc3c2Oc2ccccc2N2c4ccccc4[NH2+]C32)c1. The maximum absolute atomic E-state index is 9.46. The predicted octanol–water partition coefficient (Wildman–Crippen LogP) is 5.25. The van der Waals surface area contributed by atoms with Crippen LogP contribution in [0, 0.1) is 22.7 Å². The van der Waals surface area contributed by atoms with E-state index in [1.54, 1.807) is 6.07 Å². The second-order valence-electron chi connectivity index (χ2n) is 7.86. The number of fused-ring (bicyclic) bond motifs is 7. The summed E-state index contributed by atoms with van der Waals surface area (Å²) in [6.45, 7) is 0. The van der Waals surface area contributed by atoms with Gasteiger partial charge in [-0.05, 0) is 48.0 Å². The Labute approximate surface area is 185 Å². The molecule has 1 unspecified atom stereocenters. The largest absolute Gasteiger partial charge is 0.454 e. The van der Waals surface area contributed by atoms with E-state index in [2.05, 4.69) is 58.8 Å². The van der Waals surface area contributed by atoms with Gasteiger partial charge >= 0.3 is 0 Å². The molecule has 0 amide bonds. The van der Waals surface area contributed by atoms with Crippen LogP contribution >= 0.6 is 0 Å². The van der Waals surface area contributed by atoms with E-state index in [-0.39, 0.29) is 6.17 Å². The minimum atomic E-state index is -0.0272. The fourth-order valence-corrected chi connectivity index (χ4v) is 4.64. The van der Waals surface area contributed by atoms with Crippen LogP contribution in [-0.2, 0) is 0 Å². The summed E-state index contributed by atoms with van der Waals surface area (Å²) in [7, 11) is 0. The van der Waals surface area contributed by atoms with Gasteiger partial charge in [0.15, 0.2) is 11.4 Å². The molecule has 5 heteroatoms. The first-order chi connectivity index (χ1) is 15.8. The van der Waals surface area contributed by atoms with Gasteiger partial charge in [0.05, 0.1) is 34.5 Å². The van der Waals surface area contributed by atoms with Gasteiger partial charge in [-0.1, -0.05) is 36.4 Å². The molecule has 0 radical (unpaired) electrons. The van der Waals surface area contributed by atoms with Gasteiger partial charge in [-0.15, -0.1) is 0 Å². The van der Waals surface area contributed by atoms with Crippen LogP contribution in [0.5, 0.6) is 11.5 Å². The Morgan fingerprint density at radius 3 is 2.28 bits per heavy atom. The Hall–Kier alpha value is -4.58. The summed E-state index contributed by atoms with van der Waals surface area (Å²) in [4.78, 5) is 2.31. The number of anilines is 2. The molecule has 2 N–H and O–H groups in total. The summed E-state index contributed by atoms with van der Waals surface area (Å²) in [5.74, 6) is 1.52. The highest BCUT2D eigenvalue weighted by Gasteiger charge is 2.41.